The molecule has 0 aromatic carbocycles. The average molecular weight is 463 g/mol. The molecule has 1 atom stereocenters. The van der Waals surface area contributed by atoms with Gasteiger partial charge in [0.1, 0.15) is 17.5 Å². The van der Waals surface area contributed by atoms with Gasteiger partial charge in [-0.1, -0.05) is 11.6 Å². The number of aromatic nitrogens is 1. The summed E-state index contributed by atoms with van der Waals surface area (Å²) in [6.07, 6.45) is -2.57. The molecule has 0 bridgehead atoms. The number of halogens is 4. The number of hydrogen-bond donors (Lipinski definition) is 1. The summed E-state index contributed by atoms with van der Waals surface area (Å²) in [7, 11) is 0. The van der Waals surface area contributed by atoms with Gasteiger partial charge < -0.3 is 19.9 Å². The maximum atomic E-state index is 12.8. The van der Waals surface area contributed by atoms with Crippen LogP contribution in [0.5, 0.6) is 0 Å². The van der Waals surface area contributed by atoms with Crippen LogP contribution in [0.15, 0.2) is 12.3 Å². The van der Waals surface area contributed by atoms with E-state index in [9.17, 15) is 22.8 Å². The fraction of sp³-hybridized carbons (Fsp3) is 0.650. The van der Waals surface area contributed by atoms with Gasteiger partial charge in [0, 0.05) is 31.9 Å². The summed E-state index contributed by atoms with van der Waals surface area (Å²) in [6.45, 7) is 6.80. The zero-order chi connectivity index (χ0) is 23.0. The summed E-state index contributed by atoms with van der Waals surface area (Å²) in [5.41, 5.74) is -1.53. The Morgan fingerprint density at radius 2 is 1.84 bits per heavy atom. The zero-order valence-electron chi connectivity index (χ0n) is 17.6. The van der Waals surface area contributed by atoms with Crippen molar-refractivity contribution >= 4 is 29.4 Å². The Balaban J connectivity index is 1.55. The van der Waals surface area contributed by atoms with E-state index in [1.165, 1.54) is 0 Å². The van der Waals surface area contributed by atoms with Crippen LogP contribution in [0.3, 0.4) is 0 Å². The zero-order valence-corrected chi connectivity index (χ0v) is 18.4. The van der Waals surface area contributed by atoms with Gasteiger partial charge in [0.15, 0.2) is 0 Å². The third kappa shape index (κ3) is 5.72. The monoisotopic (exact) mass is 462 g/mol. The van der Waals surface area contributed by atoms with Crippen LogP contribution in [0.25, 0.3) is 0 Å². The molecule has 1 aromatic rings. The summed E-state index contributed by atoms with van der Waals surface area (Å²) in [6, 6.07) is 0.258. The van der Waals surface area contributed by atoms with Gasteiger partial charge in [0.25, 0.3) is 0 Å². The molecule has 1 unspecified atom stereocenters. The first kappa shape index (κ1) is 23.4. The van der Waals surface area contributed by atoms with E-state index in [0.29, 0.717) is 44.7 Å². The van der Waals surface area contributed by atoms with Gasteiger partial charge in [0.05, 0.1) is 10.6 Å². The Hall–Kier alpha value is -2.23. The number of carbonyl (C=O) groups is 2. The molecular formula is C20H26ClF3N4O3. The molecule has 3 rings (SSSR count). The highest BCUT2D eigenvalue weighted by Crippen LogP contribution is 2.34. The molecule has 2 aliphatic rings. The van der Waals surface area contributed by atoms with Crippen molar-refractivity contribution in [1.82, 2.24) is 15.2 Å². The molecule has 2 amide bonds. The normalized spacial score (nSPS) is 20.9. The SMILES string of the molecule is CC(C)(C)OC(=O)NC1CCN(C2CCN(c3ncc(C(F)(F)F)cc3Cl)CC2)C1=O. The van der Waals surface area contributed by atoms with Crippen molar-refractivity contribution in [1.29, 1.82) is 0 Å². The molecule has 1 N–H and O–H groups in total. The van der Waals surface area contributed by atoms with Crippen LogP contribution in [0.2, 0.25) is 5.02 Å². The third-order valence-corrected chi connectivity index (χ3v) is 5.56. The highest BCUT2D eigenvalue weighted by atomic mass is 35.5. The maximum absolute atomic E-state index is 12.8. The molecule has 2 fully saturated rings. The number of alkyl carbamates (subject to hydrolysis) is 1. The Morgan fingerprint density at radius 3 is 2.39 bits per heavy atom. The lowest BCUT2D eigenvalue weighted by Gasteiger charge is -2.37. The van der Waals surface area contributed by atoms with Gasteiger partial charge in [-0.05, 0) is 46.1 Å². The lowest BCUT2D eigenvalue weighted by Crippen LogP contribution is -2.49. The fourth-order valence-corrected chi connectivity index (χ4v) is 4.14. The smallest absolute Gasteiger partial charge is 0.417 e. The molecule has 2 aliphatic heterocycles. The van der Waals surface area contributed by atoms with Gasteiger partial charge in [-0.25, -0.2) is 9.78 Å². The molecule has 31 heavy (non-hydrogen) atoms. The summed E-state index contributed by atoms with van der Waals surface area (Å²) >= 11 is 6.05. The van der Waals surface area contributed by atoms with Crippen LogP contribution in [0.4, 0.5) is 23.8 Å². The summed E-state index contributed by atoms with van der Waals surface area (Å²) in [5, 5.41) is 2.58. The number of anilines is 1. The molecule has 0 saturated carbocycles. The van der Waals surface area contributed by atoms with Crippen molar-refractivity contribution in [2.75, 3.05) is 24.5 Å². The lowest BCUT2D eigenvalue weighted by atomic mass is 10.0. The Labute approximate surface area is 183 Å². The second kappa shape index (κ2) is 8.72. The van der Waals surface area contributed by atoms with Crippen LogP contribution in [0, 0.1) is 0 Å². The van der Waals surface area contributed by atoms with Crippen LogP contribution in [-0.2, 0) is 15.7 Å². The van der Waals surface area contributed by atoms with E-state index in [1.807, 2.05) is 4.90 Å². The van der Waals surface area contributed by atoms with Gasteiger partial charge >= 0.3 is 12.3 Å². The summed E-state index contributed by atoms with van der Waals surface area (Å²) in [4.78, 5) is 32.2. The van der Waals surface area contributed by atoms with Crippen molar-refractivity contribution in [3.63, 3.8) is 0 Å². The van der Waals surface area contributed by atoms with Crippen molar-refractivity contribution in [3.8, 4) is 0 Å². The van der Waals surface area contributed by atoms with Crippen LogP contribution >= 0.6 is 11.6 Å². The molecule has 2 saturated heterocycles. The highest BCUT2D eigenvalue weighted by Gasteiger charge is 2.39. The van der Waals surface area contributed by atoms with E-state index in [-0.39, 0.29) is 17.0 Å². The number of alkyl halides is 3. The molecule has 3 heterocycles. The number of amides is 2. The van der Waals surface area contributed by atoms with Crippen molar-refractivity contribution in [2.24, 2.45) is 0 Å². The van der Waals surface area contributed by atoms with Gasteiger partial charge in [-0.3, -0.25) is 4.79 Å². The van der Waals surface area contributed by atoms with Crippen LogP contribution in [-0.4, -0.2) is 59.2 Å². The van der Waals surface area contributed by atoms with E-state index in [2.05, 4.69) is 10.3 Å². The van der Waals surface area contributed by atoms with Gasteiger partial charge in [-0.2, -0.15) is 13.2 Å². The first-order valence-electron chi connectivity index (χ1n) is 10.1. The lowest BCUT2D eigenvalue weighted by molar-refractivity contribution is -0.137. The average Bonchev–Trinajstić information content (AvgIpc) is 3.00. The van der Waals surface area contributed by atoms with E-state index >= 15 is 0 Å². The van der Waals surface area contributed by atoms with Crippen molar-refractivity contribution in [3.05, 3.63) is 22.8 Å². The van der Waals surface area contributed by atoms with Crippen molar-refractivity contribution < 1.29 is 27.5 Å². The molecule has 0 aliphatic carbocycles. The standard InChI is InChI=1S/C20H26ClF3N4O3/c1-19(2,3)31-18(30)26-15-6-9-28(17(15)29)13-4-7-27(8-5-13)16-14(21)10-12(11-25-16)20(22,23)24/h10-11,13,15H,4-9H2,1-3H3,(H,26,30). The number of likely N-dealkylation sites (tertiary alicyclic amines) is 1. The minimum absolute atomic E-state index is 0.0117. The Bertz CT molecular complexity index is 836. The first-order chi connectivity index (χ1) is 14.3. The number of nitrogens with one attached hydrogen (secondary N) is 1. The fourth-order valence-electron chi connectivity index (χ4n) is 3.86. The highest BCUT2D eigenvalue weighted by molar-refractivity contribution is 6.33. The van der Waals surface area contributed by atoms with E-state index in [1.54, 1.807) is 25.7 Å². The maximum Gasteiger partial charge on any atom is 0.417 e. The second-order valence-corrected chi connectivity index (χ2v) is 9.17. The molecular weight excluding hydrogens is 437 g/mol. The number of carbonyl (C=O) groups excluding carboxylic acids is 2. The molecule has 0 radical (unpaired) electrons. The van der Waals surface area contributed by atoms with Crippen LogP contribution < -0.4 is 10.2 Å². The predicted molar refractivity (Wildman–Crippen MR) is 109 cm³/mol. The topological polar surface area (TPSA) is 74.8 Å². The minimum atomic E-state index is -4.50. The minimum Gasteiger partial charge on any atom is -0.444 e. The van der Waals surface area contributed by atoms with Gasteiger partial charge in [0.2, 0.25) is 5.91 Å². The number of pyridine rings is 1. The third-order valence-electron chi connectivity index (χ3n) is 5.28. The number of hydrogen-bond acceptors (Lipinski definition) is 5. The first-order valence-corrected chi connectivity index (χ1v) is 10.5. The van der Waals surface area contributed by atoms with E-state index in [4.69, 9.17) is 16.3 Å². The number of piperidine rings is 1. The largest absolute Gasteiger partial charge is 0.444 e. The predicted octanol–water partition coefficient (Wildman–Crippen LogP) is 3.85. The number of rotatable bonds is 3. The van der Waals surface area contributed by atoms with Crippen molar-refractivity contribution in [2.45, 2.75) is 63.9 Å². The Kier molecular flexibility index (Phi) is 6.59. The molecule has 11 heteroatoms. The van der Waals surface area contributed by atoms with Crippen LogP contribution in [0.1, 0.15) is 45.6 Å². The van der Waals surface area contributed by atoms with E-state index < -0.39 is 29.5 Å². The quantitative estimate of drug-likeness (QED) is 0.738. The van der Waals surface area contributed by atoms with Gasteiger partial charge in [-0.15, -0.1) is 0 Å². The molecule has 7 nitrogen and oxygen atoms in total. The second-order valence-electron chi connectivity index (χ2n) is 8.76. The molecule has 172 valence electrons. The number of ether oxygens (including phenoxy) is 1. The Morgan fingerprint density at radius 1 is 1.19 bits per heavy atom. The molecule has 0 spiro atoms. The molecule has 1 aromatic heterocycles. The number of nitrogens with zero attached hydrogens (tertiary/aromatic N) is 3. The summed E-state index contributed by atoms with van der Waals surface area (Å²) < 4.78 is 43.6. The van der Waals surface area contributed by atoms with E-state index in [0.717, 1.165) is 12.3 Å². The summed E-state index contributed by atoms with van der Waals surface area (Å²) in [5.74, 6) is 0.167.